The van der Waals surface area contributed by atoms with Gasteiger partial charge in [0.05, 0.1) is 7.11 Å². The SMILES string of the molecule is COc1c(CF)cccc1C1CCNC1. The summed E-state index contributed by atoms with van der Waals surface area (Å²) in [6.07, 6.45) is 1.10. The molecule has 0 saturated carbocycles. The van der Waals surface area contributed by atoms with E-state index in [-0.39, 0.29) is 0 Å². The van der Waals surface area contributed by atoms with Crippen LogP contribution >= 0.6 is 0 Å². The van der Waals surface area contributed by atoms with Crippen LogP contribution in [0.3, 0.4) is 0 Å². The molecule has 0 bridgehead atoms. The van der Waals surface area contributed by atoms with Gasteiger partial charge in [0.15, 0.2) is 0 Å². The second kappa shape index (κ2) is 4.62. The van der Waals surface area contributed by atoms with Gasteiger partial charge in [-0.2, -0.15) is 0 Å². The maximum atomic E-state index is 12.7. The molecule has 1 aliphatic rings. The summed E-state index contributed by atoms with van der Waals surface area (Å²) in [4.78, 5) is 0. The number of nitrogens with one attached hydrogen (secondary N) is 1. The number of halogens is 1. The van der Waals surface area contributed by atoms with Gasteiger partial charge >= 0.3 is 0 Å². The zero-order valence-corrected chi connectivity index (χ0v) is 8.92. The molecule has 0 spiro atoms. The van der Waals surface area contributed by atoms with E-state index < -0.39 is 6.67 Å². The maximum Gasteiger partial charge on any atom is 0.128 e. The normalized spacial score (nSPS) is 20.5. The van der Waals surface area contributed by atoms with Crippen molar-refractivity contribution in [2.75, 3.05) is 20.2 Å². The highest BCUT2D eigenvalue weighted by atomic mass is 19.1. The Labute approximate surface area is 89.4 Å². The minimum atomic E-state index is -0.461. The van der Waals surface area contributed by atoms with Crippen molar-refractivity contribution in [1.29, 1.82) is 0 Å². The molecule has 1 aromatic carbocycles. The zero-order chi connectivity index (χ0) is 10.7. The molecule has 1 aromatic rings. The van der Waals surface area contributed by atoms with E-state index in [4.69, 9.17) is 4.74 Å². The molecule has 1 unspecified atom stereocenters. The summed E-state index contributed by atoms with van der Waals surface area (Å²) in [7, 11) is 1.61. The number of ether oxygens (including phenoxy) is 1. The number of hydrogen-bond donors (Lipinski definition) is 1. The standard InChI is InChI=1S/C12H16FNO/c1-15-12-9(7-13)3-2-4-11(12)10-5-6-14-8-10/h2-4,10,14H,5-8H2,1H3. The Morgan fingerprint density at radius 2 is 2.40 bits per heavy atom. The predicted molar refractivity (Wildman–Crippen MR) is 58.0 cm³/mol. The molecule has 1 aliphatic heterocycles. The van der Waals surface area contributed by atoms with Crippen molar-refractivity contribution in [3.05, 3.63) is 29.3 Å². The van der Waals surface area contributed by atoms with Crippen LogP contribution in [0.15, 0.2) is 18.2 Å². The van der Waals surface area contributed by atoms with Gasteiger partial charge in [-0.05, 0) is 18.5 Å². The lowest BCUT2D eigenvalue weighted by atomic mass is 9.95. The van der Waals surface area contributed by atoms with Gasteiger partial charge in [-0.3, -0.25) is 0 Å². The number of methoxy groups -OCH3 is 1. The number of hydrogen-bond acceptors (Lipinski definition) is 2. The average molecular weight is 209 g/mol. The summed E-state index contributed by atoms with van der Waals surface area (Å²) >= 11 is 0. The van der Waals surface area contributed by atoms with Crippen LogP contribution in [0.25, 0.3) is 0 Å². The Balaban J connectivity index is 2.36. The van der Waals surface area contributed by atoms with Crippen LogP contribution in [0.2, 0.25) is 0 Å². The van der Waals surface area contributed by atoms with Gasteiger partial charge in [-0.15, -0.1) is 0 Å². The molecule has 1 N–H and O–H groups in total. The van der Waals surface area contributed by atoms with Crippen LogP contribution in [0, 0.1) is 0 Å². The number of benzene rings is 1. The van der Waals surface area contributed by atoms with E-state index in [1.807, 2.05) is 12.1 Å². The Morgan fingerprint density at radius 1 is 1.53 bits per heavy atom. The monoisotopic (exact) mass is 209 g/mol. The van der Waals surface area contributed by atoms with Crippen LogP contribution in [-0.2, 0) is 6.67 Å². The lowest BCUT2D eigenvalue weighted by molar-refractivity contribution is 0.387. The number of alkyl halides is 1. The van der Waals surface area contributed by atoms with Gasteiger partial charge in [0.1, 0.15) is 12.4 Å². The van der Waals surface area contributed by atoms with E-state index >= 15 is 0 Å². The minimum Gasteiger partial charge on any atom is -0.496 e. The van der Waals surface area contributed by atoms with Crippen molar-refractivity contribution in [3.63, 3.8) is 0 Å². The van der Waals surface area contributed by atoms with Crippen molar-refractivity contribution >= 4 is 0 Å². The molecule has 3 heteroatoms. The molecule has 1 heterocycles. The molecule has 1 atom stereocenters. The fourth-order valence-electron chi connectivity index (χ4n) is 2.20. The quantitative estimate of drug-likeness (QED) is 0.824. The first-order valence-corrected chi connectivity index (χ1v) is 5.29. The second-order valence-corrected chi connectivity index (χ2v) is 3.86. The van der Waals surface area contributed by atoms with Crippen molar-refractivity contribution in [1.82, 2.24) is 5.32 Å². The van der Waals surface area contributed by atoms with Crippen LogP contribution in [-0.4, -0.2) is 20.2 Å². The van der Waals surface area contributed by atoms with Crippen molar-refractivity contribution in [3.8, 4) is 5.75 Å². The summed E-state index contributed by atoms with van der Waals surface area (Å²) in [6.45, 7) is 1.54. The van der Waals surface area contributed by atoms with E-state index in [0.29, 0.717) is 11.5 Å². The lowest BCUT2D eigenvalue weighted by Crippen LogP contribution is -2.09. The van der Waals surface area contributed by atoms with Gasteiger partial charge in [0.2, 0.25) is 0 Å². The summed E-state index contributed by atoms with van der Waals surface area (Å²) in [5.74, 6) is 1.19. The van der Waals surface area contributed by atoms with E-state index in [1.54, 1.807) is 13.2 Å². The fourth-order valence-corrected chi connectivity index (χ4v) is 2.20. The Hall–Kier alpha value is -1.09. The minimum absolute atomic E-state index is 0.461. The van der Waals surface area contributed by atoms with Gasteiger partial charge in [0.25, 0.3) is 0 Å². The first-order chi connectivity index (χ1) is 7.36. The second-order valence-electron chi connectivity index (χ2n) is 3.86. The third kappa shape index (κ3) is 1.97. The highest BCUT2D eigenvalue weighted by Gasteiger charge is 2.21. The molecule has 1 saturated heterocycles. The fraction of sp³-hybridized carbons (Fsp3) is 0.500. The topological polar surface area (TPSA) is 21.3 Å². The van der Waals surface area contributed by atoms with Gasteiger partial charge in [-0.1, -0.05) is 18.2 Å². The van der Waals surface area contributed by atoms with Gasteiger partial charge < -0.3 is 10.1 Å². The van der Waals surface area contributed by atoms with Crippen molar-refractivity contribution in [2.24, 2.45) is 0 Å². The van der Waals surface area contributed by atoms with Crippen LogP contribution in [0.5, 0.6) is 5.75 Å². The molecular formula is C12H16FNO. The first-order valence-electron chi connectivity index (χ1n) is 5.29. The molecule has 1 fully saturated rings. The molecule has 0 aromatic heterocycles. The Bertz CT molecular complexity index is 334. The highest BCUT2D eigenvalue weighted by Crippen LogP contribution is 2.33. The predicted octanol–water partition coefficient (Wildman–Crippen LogP) is 2.24. The number of rotatable bonds is 3. The van der Waals surface area contributed by atoms with Gasteiger partial charge in [-0.25, -0.2) is 4.39 Å². The molecule has 15 heavy (non-hydrogen) atoms. The smallest absolute Gasteiger partial charge is 0.128 e. The molecule has 2 rings (SSSR count). The summed E-state index contributed by atoms with van der Waals surface area (Å²) in [5.41, 5.74) is 1.79. The van der Waals surface area contributed by atoms with E-state index in [9.17, 15) is 4.39 Å². The van der Waals surface area contributed by atoms with Crippen molar-refractivity contribution < 1.29 is 9.13 Å². The van der Waals surface area contributed by atoms with Crippen molar-refractivity contribution in [2.45, 2.75) is 19.0 Å². The molecule has 0 radical (unpaired) electrons. The molecular weight excluding hydrogens is 193 g/mol. The largest absolute Gasteiger partial charge is 0.496 e. The first kappa shape index (κ1) is 10.4. The summed E-state index contributed by atoms with van der Waals surface area (Å²) in [6, 6.07) is 5.73. The molecule has 82 valence electrons. The maximum absolute atomic E-state index is 12.7. The van der Waals surface area contributed by atoms with Crippen LogP contribution in [0.1, 0.15) is 23.5 Å². The van der Waals surface area contributed by atoms with Gasteiger partial charge in [0, 0.05) is 18.0 Å². The Morgan fingerprint density at radius 3 is 3.00 bits per heavy atom. The zero-order valence-electron chi connectivity index (χ0n) is 8.92. The number of para-hydroxylation sites is 1. The molecule has 0 amide bonds. The third-order valence-corrected chi connectivity index (χ3v) is 2.98. The van der Waals surface area contributed by atoms with E-state index in [0.717, 1.165) is 30.8 Å². The van der Waals surface area contributed by atoms with E-state index in [1.165, 1.54) is 0 Å². The van der Waals surface area contributed by atoms with Crippen LogP contribution in [0.4, 0.5) is 4.39 Å². The third-order valence-electron chi connectivity index (χ3n) is 2.98. The molecule has 0 aliphatic carbocycles. The lowest BCUT2D eigenvalue weighted by Gasteiger charge is -2.16. The summed E-state index contributed by atoms with van der Waals surface area (Å²) < 4.78 is 18.1. The summed E-state index contributed by atoms with van der Waals surface area (Å²) in [5, 5.41) is 3.31. The van der Waals surface area contributed by atoms with Crippen LogP contribution < -0.4 is 10.1 Å². The Kier molecular flexibility index (Phi) is 3.21. The molecule has 2 nitrogen and oxygen atoms in total. The van der Waals surface area contributed by atoms with E-state index in [2.05, 4.69) is 5.32 Å². The average Bonchev–Trinajstić information content (AvgIpc) is 2.81. The highest BCUT2D eigenvalue weighted by molar-refractivity contribution is 5.43.